The summed E-state index contributed by atoms with van der Waals surface area (Å²) in [5.41, 5.74) is 1.52. The number of aromatic nitrogens is 1. The molecule has 110 valence electrons. The van der Waals surface area contributed by atoms with E-state index in [1.165, 1.54) is 11.3 Å². The molecule has 21 heavy (non-hydrogen) atoms. The van der Waals surface area contributed by atoms with Gasteiger partial charge in [0.2, 0.25) is 5.91 Å². The third-order valence-electron chi connectivity index (χ3n) is 2.92. The van der Waals surface area contributed by atoms with Crippen molar-refractivity contribution >= 4 is 28.3 Å². The Morgan fingerprint density at radius 1 is 1.24 bits per heavy atom. The standard InChI is InChI=1S/C15H17N3O2S/c1-3-12-10(2)21-15(17-12)18-13(19)9-16-14(20)11-7-5-4-6-8-11/h4-8H,3,9H2,1-2H3,(H,16,20)(H,17,18,19). The van der Waals surface area contributed by atoms with Crippen LogP contribution in [0.4, 0.5) is 5.13 Å². The van der Waals surface area contributed by atoms with E-state index in [1.54, 1.807) is 24.3 Å². The molecular weight excluding hydrogens is 286 g/mol. The molecule has 0 fully saturated rings. The second-order valence-corrected chi connectivity index (χ2v) is 5.68. The van der Waals surface area contributed by atoms with Crippen LogP contribution in [0.2, 0.25) is 0 Å². The molecule has 0 saturated heterocycles. The maximum atomic E-state index is 11.8. The van der Waals surface area contributed by atoms with Gasteiger partial charge in [-0.3, -0.25) is 9.59 Å². The number of anilines is 1. The van der Waals surface area contributed by atoms with E-state index in [0.717, 1.165) is 17.0 Å². The highest BCUT2D eigenvalue weighted by molar-refractivity contribution is 7.15. The number of hydrogen-bond acceptors (Lipinski definition) is 4. The molecule has 2 amide bonds. The monoisotopic (exact) mass is 303 g/mol. The predicted molar refractivity (Wildman–Crippen MR) is 83.6 cm³/mol. The van der Waals surface area contributed by atoms with Gasteiger partial charge >= 0.3 is 0 Å². The quantitative estimate of drug-likeness (QED) is 0.891. The molecule has 0 radical (unpaired) electrons. The van der Waals surface area contributed by atoms with Crippen LogP contribution in [0.3, 0.4) is 0 Å². The summed E-state index contributed by atoms with van der Waals surface area (Å²) in [7, 11) is 0. The second-order valence-electron chi connectivity index (χ2n) is 4.47. The van der Waals surface area contributed by atoms with Gasteiger partial charge in [-0.15, -0.1) is 11.3 Å². The van der Waals surface area contributed by atoms with E-state index in [-0.39, 0.29) is 18.4 Å². The molecule has 0 atom stereocenters. The first-order chi connectivity index (χ1) is 10.1. The van der Waals surface area contributed by atoms with Crippen LogP contribution < -0.4 is 10.6 Å². The number of rotatable bonds is 5. The molecule has 0 bridgehead atoms. The van der Waals surface area contributed by atoms with E-state index in [2.05, 4.69) is 15.6 Å². The third-order valence-corrected chi connectivity index (χ3v) is 3.85. The molecule has 0 unspecified atom stereocenters. The zero-order chi connectivity index (χ0) is 15.2. The lowest BCUT2D eigenvalue weighted by Crippen LogP contribution is -2.32. The van der Waals surface area contributed by atoms with Crippen LogP contribution in [0.25, 0.3) is 0 Å². The molecule has 0 saturated carbocycles. The fraction of sp³-hybridized carbons (Fsp3) is 0.267. The van der Waals surface area contributed by atoms with Gasteiger partial charge in [0, 0.05) is 10.4 Å². The smallest absolute Gasteiger partial charge is 0.251 e. The first-order valence-electron chi connectivity index (χ1n) is 6.69. The van der Waals surface area contributed by atoms with E-state index in [0.29, 0.717) is 10.7 Å². The summed E-state index contributed by atoms with van der Waals surface area (Å²) in [6.45, 7) is 3.92. The van der Waals surface area contributed by atoms with Gasteiger partial charge in [-0.05, 0) is 25.5 Å². The first kappa shape index (κ1) is 15.2. The van der Waals surface area contributed by atoms with Crippen molar-refractivity contribution in [2.75, 3.05) is 11.9 Å². The molecule has 0 aliphatic carbocycles. The lowest BCUT2D eigenvalue weighted by atomic mass is 10.2. The minimum absolute atomic E-state index is 0.0756. The van der Waals surface area contributed by atoms with Crippen LogP contribution >= 0.6 is 11.3 Å². The van der Waals surface area contributed by atoms with Crippen LogP contribution in [0.15, 0.2) is 30.3 Å². The highest BCUT2D eigenvalue weighted by Crippen LogP contribution is 2.22. The van der Waals surface area contributed by atoms with Gasteiger partial charge in [0.25, 0.3) is 5.91 Å². The number of thiazole rings is 1. The molecule has 5 nitrogen and oxygen atoms in total. The molecule has 0 aliphatic heterocycles. The van der Waals surface area contributed by atoms with Crippen molar-refractivity contribution in [3.8, 4) is 0 Å². The van der Waals surface area contributed by atoms with E-state index in [4.69, 9.17) is 0 Å². The van der Waals surface area contributed by atoms with Crippen molar-refractivity contribution in [1.29, 1.82) is 0 Å². The van der Waals surface area contributed by atoms with E-state index >= 15 is 0 Å². The molecule has 1 aromatic heterocycles. The molecule has 2 rings (SSSR count). The van der Waals surface area contributed by atoms with Gasteiger partial charge in [0.05, 0.1) is 12.2 Å². The number of carbonyl (C=O) groups excluding carboxylic acids is 2. The molecule has 1 heterocycles. The lowest BCUT2D eigenvalue weighted by molar-refractivity contribution is -0.115. The first-order valence-corrected chi connectivity index (χ1v) is 7.51. The second kappa shape index (κ2) is 6.99. The Labute approximate surface area is 127 Å². The van der Waals surface area contributed by atoms with Crippen molar-refractivity contribution in [2.24, 2.45) is 0 Å². The minimum Gasteiger partial charge on any atom is -0.343 e. The van der Waals surface area contributed by atoms with E-state index < -0.39 is 0 Å². The fourth-order valence-corrected chi connectivity index (χ4v) is 2.74. The molecule has 2 N–H and O–H groups in total. The van der Waals surface area contributed by atoms with Crippen LogP contribution in [0.1, 0.15) is 27.9 Å². The van der Waals surface area contributed by atoms with Crippen LogP contribution in [0, 0.1) is 6.92 Å². The molecule has 0 aliphatic rings. The van der Waals surface area contributed by atoms with Gasteiger partial charge < -0.3 is 10.6 Å². The van der Waals surface area contributed by atoms with Crippen LogP contribution in [-0.2, 0) is 11.2 Å². The zero-order valence-corrected chi connectivity index (χ0v) is 12.8. The highest BCUT2D eigenvalue weighted by atomic mass is 32.1. The number of hydrogen-bond donors (Lipinski definition) is 2. The highest BCUT2D eigenvalue weighted by Gasteiger charge is 2.11. The summed E-state index contributed by atoms with van der Waals surface area (Å²) in [6, 6.07) is 8.79. The average Bonchev–Trinajstić information content (AvgIpc) is 2.85. The predicted octanol–water partition coefficient (Wildman–Crippen LogP) is 2.38. The maximum absolute atomic E-state index is 11.8. The molecule has 6 heteroatoms. The zero-order valence-electron chi connectivity index (χ0n) is 12.0. The van der Waals surface area contributed by atoms with Crippen LogP contribution in [0.5, 0.6) is 0 Å². The Morgan fingerprint density at radius 2 is 1.95 bits per heavy atom. The largest absolute Gasteiger partial charge is 0.343 e. The van der Waals surface area contributed by atoms with Gasteiger partial charge in [-0.1, -0.05) is 25.1 Å². The SMILES string of the molecule is CCc1nc(NC(=O)CNC(=O)c2ccccc2)sc1C. The topological polar surface area (TPSA) is 71.1 Å². The minimum atomic E-state index is -0.282. The Morgan fingerprint density at radius 3 is 2.57 bits per heavy atom. The van der Waals surface area contributed by atoms with E-state index in [9.17, 15) is 9.59 Å². The Balaban J connectivity index is 1.86. The van der Waals surface area contributed by atoms with Gasteiger partial charge in [-0.2, -0.15) is 0 Å². The van der Waals surface area contributed by atoms with Gasteiger partial charge in [0.15, 0.2) is 5.13 Å². The Hall–Kier alpha value is -2.21. The van der Waals surface area contributed by atoms with Crippen molar-refractivity contribution in [3.63, 3.8) is 0 Å². The van der Waals surface area contributed by atoms with Gasteiger partial charge in [-0.25, -0.2) is 4.98 Å². The summed E-state index contributed by atoms with van der Waals surface area (Å²) in [6.07, 6.45) is 0.836. The number of nitrogens with zero attached hydrogens (tertiary/aromatic N) is 1. The number of aryl methyl sites for hydroxylation is 2. The third kappa shape index (κ3) is 4.13. The molecular formula is C15H17N3O2S. The molecule has 0 spiro atoms. The maximum Gasteiger partial charge on any atom is 0.251 e. The van der Waals surface area contributed by atoms with Crippen molar-refractivity contribution in [2.45, 2.75) is 20.3 Å². The number of amides is 2. The number of nitrogens with one attached hydrogen (secondary N) is 2. The van der Waals surface area contributed by atoms with Crippen molar-refractivity contribution < 1.29 is 9.59 Å². The summed E-state index contributed by atoms with van der Waals surface area (Å²) in [4.78, 5) is 29.0. The average molecular weight is 303 g/mol. The van der Waals surface area contributed by atoms with Crippen LogP contribution in [-0.4, -0.2) is 23.3 Å². The summed E-state index contributed by atoms with van der Waals surface area (Å²) >= 11 is 1.44. The molecule has 1 aromatic carbocycles. The number of benzene rings is 1. The molecule has 2 aromatic rings. The Kier molecular flexibility index (Phi) is 5.05. The van der Waals surface area contributed by atoms with Gasteiger partial charge in [0.1, 0.15) is 0 Å². The van der Waals surface area contributed by atoms with Crippen molar-refractivity contribution in [1.82, 2.24) is 10.3 Å². The number of carbonyl (C=O) groups is 2. The fourth-order valence-electron chi connectivity index (χ4n) is 1.83. The summed E-state index contributed by atoms with van der Waals surface area (Å²) < 4.78 is 0. The van der Waals surface area contributed by atoms with E-state index in [1.807, 2.05) is 19.9 Å². The summed E-state index contributed by atoms with van der Waals surface area (Å²) in [5, 5.41) is 5.85. The Bertz CT molecular complexity index is 638. The summed E-state index contributed by atoms with van der Waals surface area (Å²) in [5.74, 6) is -0.550. The lowest BCUT2D eigenvalue weighted by Gasteiger charge is -2.04. The van der Waals surface area contributed by atoms with Crippen molar-refractivity contribution in [3.05, 3.63) is 46.5 Å². The normalized spacial score (nSPS) is 10.2.